The fourth-order valence-corrected chi connectivity index (χ4v) is 3.72. The van der Waals surface area contributed by atoms with Crippen molar-refractivity contribution in [3.8, 4) is 0 Å². The quantitative estimate of drug-likeness (QED) is 0.582. The molecule has 1 amide bonds. The van der Waals surface area contributed by atoms with Gasteiger partial charge in [0.15, 0.2) is 0 Å². The van der Waals surface area contributed by atoms with Crippen LogP contribution in [0.5, 0.6) is 0 Å². The normalized spacial score (nSPS) is 11.3. The minimum Gasteiger partial charge on any atom is -0.380 e. The Bertz CT molecular complexity index is 1160. The molecule has 0 saturated carbocycles. The molecule has 4 rings (SSSR count). The summed E-state index contributed by atoms with van der Waals surface area (Å²) in [7, 11) is 1.68. The topological polar surface area (TPSA) is 57.2 Å². The first kappa shape index (κ1) is 17.3. The Morgan fingerprint density at radius 1 is 1.11 bits per heavy atom. The van der Waals surface area contributed by atoms with Gasteiger partial charge in [-0.05, 0) is 48.4 Å². The summed E-state index contributed by atoms with van der Waals surface area (Å²) >= 11 is 0. The van der Waals surface area contributed by atoms with E-state index in [1.54, 1.807) is 13.2 Å². The first-order valence-corrected chi connectivity index (χ1v) is 8.88. The van der Waals surface area contributed by atoms with Crippen LogP contribution in [0, 0.1) is 13.0 Å². The monoisotopic (exact) mass is 357 g/mol. The average Bonchev–Trinajstić information content (AvgIpc) is 2.95. The zero-order chi connectivity index (χ0) is 19.0. The molecule has 1 aromatic heterocycles. The predicted octanol–water partition coefficient (Wildman–Crippen LogP) is 4.20. The Morgan fingerprint density at radius 3 is 2.67 bits per heavy atom. The number of nitrogens with zero attached hydrogens (tertiary/aromatic N) is 1. The molecular weight excluding hydrogens is 336 g/mol. The smallest absolute Gasteiger partial charge is 0.249 e. The van der Waals surface area contributed by atoms with Gasteiger partial charge in [-0.25, -0.2) is 0 Å². The highest BCUT2D eigenvalue weighted by molar-refractivity contribution is 6.17. The Hall–Kier alpha value is -3.11. The molecule has 4 nitrogen and oxygen atoms in total. The van der Waals surface area contributed by atoms with Crippen LogP contribution in [-0.2, 0) is 17.9 Å². The van der Waals surface area contributed by atoms with E-state index in [2.05, 4.69) is 47.9 Å². The third-order valence-electron chi connectivity index (χ3n) is 4.85. The van der Waals surface area contributed by atoms with Crippen molar-refractivity contribution < 1.29 is 9.53 Å². The first-order valence-electron chi connectivity index (χ1n) is 8.88. The van der Waals surface area contributed by atoms with Gasteiger partial charge in [0, 0.05) is 30.0 Å². The van der Waals surface area contributed by atoms with E-state index in [9.17, 15) is 4.79 Å². The molecule has 135 valence electrons. The second-order valence-electron chi connectivity index (χ2n) is 6.84. The van der Waals surface area contributed by atoms with Crippen LogP contribution in [0.15, 0.2) is 54.6 Å². The maximum Gasteiger partial charge on any atom is 0.249 e. The molecule has 0 unspecified atom stereocenters. The van der Waals surface area contributed by atoms with Crippen LogP contribution in [-0.4, -0.2) is 17.6 Å². The lowest BCUT2D eigenvalue weighted by Crippen LogP contribution is -2.11. The summed E-state index contributed by atoms with van der Waals surface area (Å²) in [5, 5.41) is 1.77. The van der Waals surface area contributed by atoms with E-state index in [0.717, 1.165) is 27.4 Å². The van der Waals surface area contributed by atoms with Crippen molar-refractivity contribution in [1.29, 1.82) is 0 Å². The number of aromatic nitrogens is 1. The fourth-order valence-electron chi connectivity index (χ4n) is 3.72. The number of fused-ring (bicyclic) bond motifs is 3. The molecule has 0 aliphatic carbocycles. The van der Waals surface area contributed by atoms with Crippen molar-refractivity contribution in [2.24, 2.45) is 5.73 Å². The van der Waals surface area contributed by atoms with Gasteiger partial charge in [0.1, 0.15) is 0 Å². The summed E-state index contributed by atoms with van der Waals surface area (Å²) < 4.78 is 7.51. The highest BCUT2D eigenvalue weighted by Gasteiger charge is 2.17. The van der Waals surface area contributed by atoms with Crippen LogP contribution >= 0.6 is 0 Å². The number of carbonyl (C=O) groups is 1. The molecule has 1 radical (unpaired) electrons. The molecular formula is C23H21N2O2. The lowest BCUT2D eigenvalue weighted by molar-refractivity contribution is 0.100. The summed E-state index contributed by atoms with van der Waals surface area (Å²) in [6, 6.07) is 21.5. The van der Waals surface area contributed by atoms with Crippen LogP contribution < -0.4 is 5.73 Å². The molecule has 2 N–H and O–H groups in total. The van der Waals surface area contributed by atoms with Crippen LogP contribution in [0.1, 0.15) is 27.0 Å². The summed E-state index contributed by atoms with van der Waals surface area (Å²) in [4.78, 5) is 12.0. The minimum absolute atomic E-state index is 0.426. The van der Waals surface area contributed by atoms with E-state index >= 15 is 0 Å². The number of nitrogens with two attached hydrogens (primary N) is 1. The maximum absolute atomic E-state index is 12.0. The molecule has 27 heavy (non-hydrogen) atoms. The zero-order valence-electron chi connectivity index (χ0n) is 15.5. The van der Waals surface area contributed by atoms with Gasteiger partial charge in [-0.3, -0.25) is 4.79 Å². The van der Waals surface area contributed by atoms with Crippen molar-refractivity contribution >= 4 is 27.7 Å². The number of ether oxygens (including phenoxy) is 1. The maximum atomic E-state index is 12.0. The number of hydrogen-bond acceptors (Lipinski definition) is 2. The minimum atomic E-state index is -0.426. The van der Waals surface area contributed by atoms with Gasteiger partial charge in [-0.2, -0.15) is 0 Å². The molecule has 3 aromatic carbocycles. The number of primary amides is 1. The molecule has 0 saturated heterocycles. The standard InChI is InChI=1S/C23H21N2O2/c1-15-5-3-6-16(11-15)13-25-20-8-4-7-19(23(24)26)22(20)18-10-9-17(14-27-2)12-21(18)25/h3-9,11-12H,13-14H2,1-2H3,(H2,24,26). The second-order valence-corrected chi connectivity index (χ2v) is 6.84. The van der Waals surface area contributed by atoms with Crippen LogP contribution in [0.2, 0.25) is 0 Å². The van der Waals surface area contributed by atoms with Crippen molar-refractivity contribution in [3.63, 3.8) is 0 Å². The van der Waals surface area contributed by atoms with E-state index in [-0.39, 0.29) is 0 Å². The van der Waals surface area contributed by atoms with Crippen molar-refractivity contribution in [2.45, 2.75) is 20.1 Å². The zero-order valence-corrected chi connectivity index (χ0v) is 15.5. The van der Waals surface area contributed by atoms with E-state index in [4.69, 9.17) is 10.5 Å². The largest absolute Gasteiger partial charge is 0.380 e. The van der Waals surface area contributed by atoms with Crippen molar-refractivity contribution in [1.82, 2.24) is 4.57 Å². The molecule has 0 fully saturated rings. The molecule has 0 spiro atoms. The summed E-state index contributed by atoms with van der Waals surface area (Å²) in [6.07, 6.45) is 0. The van der Waals surface area contributed by atoms with Gasteiger partial charge in [-0.1, -0.05) is 35.9 Å². The first-order chi connectivity index (χ1) is 13.1. The molecule has 4 aromatic rings. The van der Waals surface area contributed by atoms with Gasteiger partial charge in [0.25, 0.3) is 0 Å². The van der Waals surface area contributed by atoms with Crippen molar-refractivity contribution in [2.75, 3.05) is 7.11 Å². The van der Waals surface area contributed by atoms with E-state index < -0.39 is 5.91 Å². The molecule has 4 heteroatoms. The van der Waals surface area contributed by atoms with E-state index in [1.165, 1.54) is 11.1 Å². The average molecular weight is 357 g/mol. The summed E-state index contributed by atoms with van der Waals surface area (Å²) in [5.41, 5.74) is 11.6. The van der Waals surface area contributed by atoms with Gasteiger partial charge in [0.2, 0.25) is 5.91 Å². The Labute approximate surface area is 158 Å². The number of benzene rings is 3. The molecule has 0 bridgehead atoms. The molecule has 1 heterocycles. The second kappa shape index (κ2) is 6.89. The SMILES string of the molecule is COCc1c[c]c2c3c(C(N)=O)cccc3n(Cc3cccc(C)c3)c2c1. The number of hydrogen-bond donors (Lipinski definition) is 1. The number of methoxy groups -OCH3 is 1. The van der Waals surface area contributed by atoms with Gasteiger partial charge >= 0.3 is 0 Å². The lowest BCUT2D eigenvalue weighted by atomic mass is 10.0. The Kier molecular flexibility index (Phi) is 4.42. The number of carbonyl (C=O) groups excluding carboxylic acids is 1. The molecule has 0 atom stereocenters. The van der Waals surface area contributed by atoms with Gasteiger partial charge in [0.05, 0.1) is 17.6 Å². The number of aryl methyl sites for hydroxylation is 1. The number of rotatable bonds is 5. The predicted molar refractivity (Wildman–Crippen MR) is 108 cm³/mol. The van der Waals surface area contributed by atoms with Crippen LogP contribution in [0.25, 0.3) is 21.8 Å². The van der Waals surface area contributed by atoms with Gasteiger partial charge < -0.3 is 15.0 Å². The number of amides is 1. The van der Waals surface area contributed by atoms with E-state index in [1.807, 2.05) is 18.2 Å². The highest BCUT2D eigenvalue weighted by atomic mass is 16.5. The summed E-state index contributed by atoms with van der Waals surface area (Å²) in [6.45, 7) is 3.31. The van der Waals surface area contributed by atoms with Crippen LogP contribution in [0.4, 0.5) is 0 Å². The summed E-state index contributed by atoms with van der Waals surface area (Å²) in [5.74, 6) is -0.426. The fraction of sp³-hybridized carbons (Fsp3) is 0.174. The van der Waals surface area contributed by atoms with Crippen LogP contribution in [0.3, 0.4) is 0 Å². The van der Waals surface area contributed by atoms with Crippen molar-refractivity contribution in [3.05, 3.63) is 82.9 Å². The van der Waals surface area contributed by atoms with E-state index in [0.29, 0.717) is 18.7 Å². The Balaban J connectivity index is 2.02. The third-order valence-corrected chi connectivity index (χ3v) is 4.85. The Morgan fingerprint density at radius 2 is 1.93 bits per heavy atom. The third kappa shape index (κ3) is 3.09. The lowest BCUT2D eigenvalue weighted by Gasteiger charge is -2.09. The molecule has 0 aliphatic rings. The van der Waals surface area contributed by atoms with Gasteiger partial charge in [-0.15, -0.1) is 0 Å². The highest BCUT2D eigenvalue weighted by Crippen LogP contribution is 2.32. The molecule has 0 aliphatic heterocycles.